The van der Waals surface area contributed by atoms with Crippen molar-refractivity contribution in [3.63, 3.8) is 0 Å². The van der Waals surface area contributed by atoms with Gasteiger partial charge in [-0.05, 0) is 55.8 Å². The van der Waals surface area contributed by atoms with E-state index >= 15 is 0 Å². The summed E-state index contributed by atoms with van der Waals surface area (Å²) < 4.78 is 65.8. The van der Waals surface area contributed by atoms with Gasteiger partial charge >= 0.3 is 6.18 Å². The van der Waals surface area contributed by atoms with Gasteiger partial charge in [0.05, 0.1) is 16.0 Å². The van der Waals surface area contributed by atoms with Gasteiger partial charge in [-0.3, -0.25) is 4.98 Å². The molecule has 0 aliphatic rings. The van der Waals surface area contributed by atoms with Crippen LogP contribution in [0.5, 0.6) is 0 Å². The van der Waals surface area contributed by atoms with Crippen molar-refractivity contribution in [3.8, 4) is 0 Å². The van der Waals surface area contributed by atoms with Gasteiger partial charge in [-0.25, -0.2) is 13.1 Å². The lowest BCUT2D eigenvalue weighted by molar-refractivity contribution is -0.137. The van der Waals surface area contributed by atoms with E-state index < -0.39 is 21.8 Å². The Balaban J connectivity index is 1.92. The Hall–Kier alpha value is -2.65. The predicted molar refractivity (Wildman–Crippen MR) is 107 cm³/mol. The molecule has 0 saturated carbocycles. The van der Waals surface area contributed by atoms with E-state index in [1.54, 1.807) is 25.1 Å². The van der Waals surface area contributed by atoms with E-state index in [1.165, 1.54) is 18.2 Å². The quantitative estimate of drug-likeness (QED) is 0.586. The van der Waals surface area contributed by atoms with E-state index in [1.807, 2.05) is 6.92 Å². The average molecular weight is 423 g/mol. The summed E-state index contributed by atoms with van der Waals surface area (Å²) in [6, 6.07) is 11.3. The molecule has 9 heteroatoms. The topological polar surface area (TPSA) is 71.1 Å². The van der Waals surface area contributed by atoms with E-state index in [4.69, 9.17) is 0 Å². The number of nitrogens with one attached hydrogen (secondary N) is 2. The average Bonchev–Trinajstić information content (AvgIpc) is 2.65. The third-order valence-corrected chi connectivity index (χ3v) is 5.73. The van der Waals surface area contributed by atoms with Crippen LogP contribution in [0.4, 0.5) is 24.5 Å². The summed E-state index contributed by atoms with van der Waals surface area (Å²) in [6.07, 6.45) is -3.76. The summed E-state index contributed by atoms with van der Waals surface area (Å²) in [7, 11) is -3.57. The van der Waals surface area contributed by atoms with Crippen LogP contribution in [-0.4, -0.2) is 19.9 Å². The van der Waals surface area contributed by atoms with Crippen molar-refractivity contribution in [2.45, 2.75) is 31.3 Å². The minimum Gasteiger partial charge on any atom is -0.355 e. The Bertz CT molecular complexity index is 1130. The SMILES string of the molecule is CCCNS(=O)(=O)c1ccc(Nc2cc(C)nc3cc(C(F)(F)F)ccc23)cc1. The number of fused-ring (bicyclic) bond motifs is 1. The molecular weight excluding hydrogens is 403 g/mol. The highest BCUT2D eigenvalue weighted by molar-refractivity contribution is 7.89. The first-order valence-electron chi connectivity index (χ1n) is 8.95. The lowest BCUT2D eigenvalue weighted by atomic mass is 10.1. The maximum absolute atomic E-state index is 13.0. The number of aromatic nitrogens is 1. The van der Waals surface area contributed by atoms with Crippen LogP contribution in [0.1, 0.15) is 24.6 Å². The van der Waals surface area contributed by atoms with Gasteiger partial charge in [-0.2, -0.15) is 13.2 Å². The predicted octanol–water partition coefficient (Wildman–Crippen LogP) is 4.99. The van der Waals surface area contributed by atoms with E-state index in [2.05, 4.69) is 15.0 Å². The molecule has 0 saturated heterocycles. The van der Waals surface area contributed by atoms with Crippen LogP contribution in [0.15, 0.2) is 53.4 Å². The van der Waals surface area contributed by atoms with Crippen molar-refractivity contribution in [1.82, 2.24) is 9.71 Å². The smallest absolute Gasteiger partial charge is 0.355 e. The number of halogens is 3. The highest BCUT2D eigenvalue weighted by atomic mass is 32.2. The highest BCUT2D eigenvalue weighted by Gasteiger charge is 2.30. The highest BCUT2D eigenvalue weighted by Crippen LogP contribution is 2.34. The molecule has 3 rings (SSSR count). The summed E-state index contributed by atoms with van der Waals surface area (Å²) in [5, 5.41) is 3.66. The molecule has 0 spiro atoms. The molecule has 3 aromatic rings. The number of aryl methyl sites for hydroxylation is 1. The third kappa shape index (κ3) is 4.86. The Morgan fingerprint density at radius 2 is 1.72 bits per heavy atom. The van der Waals surface area contributed by atoms with Crippen LogP contribution in [0.25, 0.3) is 10.9 Å². The number of rotatable bonds is 6. The second kappa shape index (κ2) is 8.00. The largest absolute Gasteiger partial charge is 0.416 e. The maximum atomic E-state index is 13.0. The zero-order chi connectivity index (χ0) is 21.2. The molecule has 0 aliphatic heterocycles. The Labute approximate surface area is 167 Å². The number of hydrogen-bond acceptors (Lipinski definition) is 4. The number of nitrogens with zero attached hydrogens (tertiary/aromatic N) is 1. The minimum atomic E-state index is -4.44. The fraction of sp³-hybridized carbons (Fsp3) is 0.250. The van der Waals surface area contributed by atoms with Gasteiger partial charge in [0.15, 0.2) is 0 Å². The Kier molecular flexibility index (Phi) is 5.81. The summed E-state index contributed by atoms with van der Waals surface area (Å²) in [5.74, 6) is 0. The first kappa shape index (κ1) is 21.1. The second-order valence-electron chi connectivity index (χ2n) is 6.59. The van der Waals surface area contributed by atoms with E-state index in [-0.39, 0.29) is 10.4 Å². The lowest BCUT2D eigenvalue weighted by Gasteiger charge is -2.13. The zero-order valence-electron chi connectivity index (χ0n) is 15.8. The molecule has 2 aromatic carbocycles. The number of pyridine rings is 1. The van der Waals surface area contributed by atoms with Crippen LogP contribution >= 0.6 is 0 Å². The summed E-state index contributed by atoms with van der Waals surface area (Å²) in [6.45, 7) is 3.92. The molecule has 0 unspecified atom stereocenters. The fourth-order valence-corrected chi connectivity index (χ4v) is 3.97. The van der Waals surface area contributed by atoms with Crippen molar-refractivity contribution in [3.05, 3.63) is 59.8 Å². The van der Waals surface area contributed by atoms with E-state index in [0.717, 1.165) is 12.1 Å². The summed E-state index contributed by atoms with van der Waals surface area (Å²) >= 11 is 0. The normalized spacial score (nSPS) is 12.3. The number of benzene rings is 2. The van der Waals surface area contributed by atoms with Crippen LogP contribution < -0.4 is 10.0 Å². The molecular formula is C20H20F3N3O2S. The van der Waals surface area contributed by atoms with Gasteiger partial charge in [0.2, 0.25) is 10.0 Å². The molecule has 2 N–H and O–H groups in total. The molecule has 1 heterocycles. The van der Waals surface area contributed by atoms with Crippen molar-refractivity contribution in [2.75, 3.05) is 11.9 Å². The molecule has 154 valence electrons. The molecule has 0 fully saturated rings. The van der Waals surface area contributed by atoms with Gasteiger partial charge in [0, 0.05) is 29.0 Å². The first-order chi connectivity index (χ1) is 13.6. The molecule has 29 heavy (non-hydrogen) atoms. The minimum absolute atomic E-state index is 0.141. The second-order valence-corrected chi connectivity index (χ2v) is 8.35. The van der Waals surface area contributed by atoms with Gasteiger partial charge < -0.3 is 5.32 Å². The van der Waals surface area contributed by atoms with Crippen LogP contribution in [-0.2, 0) is 16.2 Å². The number of sulfonamides is 1. The van der Waals surface area contributed by atoms with Gasteiger partial charge in [-0.1, -0.05) is 13.0 Å². The molecule has 5 nitrogen and oxygen atoms in total. The third-order valence-electron chi connectivity index (χ3n) is 4.25. The van der Waals surface area contributed by atoms with Crippen LogP contribution in [0.3, 0.4) is 0 Å². The van der Waals surface area contributed by atoms with Crippen molar-refractivity contribution >= 4 is 32.3 Å². The maximum Gasteiger partial charge on any atom is 0.416 e. The summed E-state index contributed by atoms with van der Waals surface area (Å²) in [4.78, 5) is 4.34. The molecule has 0 amide bonds. The molecule has 0 aliphatic carbocycles. The van der Waals surface area contributed by atoms with Gasteiger partial charge in [0.1, 0.15) is 0 Å². The lowest BCUT2D eigenvalue weighted by Crippen LogP contribution is -2.24. The van der Waals surface area contributed by atoms with Crippen molar-refractivity contribution in [1.29, 1.82) is 0 Å². The van der Waals surface area contributed by atoms with Crippen LogP contribution in [0.2, 0.25) is 0 Å². The molecule has 0 bridgehead atoms. The first-order valence-corrected chi connectivity index (χ1v) is 10.4. The van der Waals surface area contributed by atoms with Crippen molar-refractivity contribution < 1.29 is 21.6 Å². The number of hydrogen-bond donors (Lipinski definition) is 2. The van der Waals surface area contributed by atoms with Gasteiger partial charge in [-0.15, -0.1) is 0 Å². The number of anilines is 2. The van der Waals surface area contributed by atoms with Crippen molar-refractivity contribution in [2.24, 2.45) is 0 Å². The molecule has 0 radical (unpaired) electrons. The Morgan fingerprint density at radius 3 is 2.34 bits per heavy atom. The zero-order valence-corrected chi connectivity index (χ0v) is 16.7. The monoisotopic (exact) mass is 423 g/mol. The molecule has 0 atom stereocenters. The fourth-order valence-electron chi connectivity index (χ4n) is 2.83. The van der Waals surface area contributed by atoms with Crippen LogP contribution in [0, 0.1) is 6.92 Å². The number of alkyl halides is 3. The molecule has 1 aromatic heterocycles. The summed E-state index contributed by atoms with van der Waals surface area (Å²) in [5.41, 5.74) is 1.21. The van der Waals surface area contributed by atoms with Gasteiger partial charge in [0.25, 0.3) is 0 Å². The van der Waals surface area contributed by atoms with E-state index in [9.17, 15) is 21.6 Å². The Morgan fingerprint density at radius 1 is 1.03 bits per heavy atom. The van der Waals surface area contributed by atoms with E-state index in [0.29, 0.717) is 35.4 Å². The standard InChI is InChI=1S/C20H20F3N3O2S/c1-3-10-24-29(27,28)16-7-5-15(6-8-16)26-18-11-13(2)25-19-12-14(20(21,22)23)4-9-17(18)19/h4-9,11-12,24H,3,10H2,1-2H3,(H,25,26).